The summed E-state index contributed by atoms with van der Waals surface area (Å²) < 4.78 is 0.940. The molecule has 2 heteroatoms. The lowest BCUT2D eigenvalue weighted by molar-refractivity contribution is 0.116. The predicted molar refractivity (Wildman–Crippen MR) is 56.4 cm³/mol. The molecule has 0 heterocycles. The summed E-state index contributed by atoms with van der Waals surface area (Å²) in [6.07, 6.45) is 1.62. The van der Waals surface area contributed by atoms with Crippen LogP contribution >= 0.6 is 22.6 Å². The molecule has 0 unspecified atom stereocenters. The molecule has 6 aliphatic carbocycles. The number of hydrogen-bond acceptors (Lipinski definition) is 1. The summed E-state index contributed by atoms with van der Waals surface area (Å²) in [4.78, 5) is 0. The highest BCUT2D eigenvalue weighted by Crippen LogP contribution is 2.83. The Bertz CT molecular complexity index is 283. The van der Waals surface area contributed by atoms with Gasteiger partial charge in [0.05, 0.1) is 6.10 Å². The molecule has 0 amide bonds. The summed E-state index contributed by atoms with van der Waals surface area (Å²) in [5.41, 5.74) is 0. The minimum Gasteiger partial charge on any atom is -0.393 e. The van der Waals surface area contributed by atoms with Crippen LogP contribution < -0.4 is 0 Å². The third kappa shape index (κ3) is 0.451. The van der Waals surface area contributed by atoms with Gasteiger partial charge in [0.1, 0.15) is 0 Å². The average Bonchev–Trinajstić information content (AvgIpc) is 2.78. The summed E-state index contributed by atoms with van der Waals surface area (Å²) in [6, 6.07) is 0. The van der Waals surface area contributed by atoms with Crippen molar-refractivity contribution in [2.24, 2.45) is 47.3 Å². The number of alkyl halides is 1. The van der Waals surface area contributed by atoms with E-state index >= 15 is 0 Å². The Hall–Kier alpha value is 0.690. The third-order valence-electron chi connectivity index (χ3n) is 6.27. The molecule has 6 aliphatic rings. The first-order valence-corrected chi connectivity index (χ1v) is 6.87. The Labute approximate surface area is 91.4 Å². The summed E-state index contributed by atoms with van der Waals surface area (Å²) >= 11 is 2.70. The molecule has 6 rings (SSSR count). The lowest BCUT2D eigenvalue weighted by atomic mass is 9.71. The van der Waals surface area contributed by atoms with Gasteiger partial charge in [-0.05, 0) is 53.8 Å². The van der Waals surface area contributed by atoms with E-state index in [4.69, 9.17) is 0 Å². The molecule has 1 nitrogen and oxygen atoms in total. The fraction of sp³-hybridized carbons (Fsp3) is 1.00. The summed E-state index contributed by atoms with van der Waals surface area (Å²) in [7, 11) is 0. The van der Waals surface area contributed by atoms with Crippen molar-refractivity contribution >= 4 is 22.6 Å². The molecule has 70 valence electrons. The standard InChI is InChI=1S/C11H13IO/c12-10-6-2-1-3-4(6)9-8(10)5(2)7(3)11(9)13/h2-11,13H,1H2/t2-,3+,4+,5+,6-,7+,8+,9-,10+,11-/m0/s1. The van der Waals surface area contributed by atoms with Gasteiger partial charge in [-0.25, -0.2) is 0 Å². The second-order valence-corrected chi connectivity index (χ2v) is 7.40. The highest BCUT2D eigenvalue weighted by Gasteiger charge is 2.82. The Morgan fingerprint density at radius 1 is 0.846 bits per heavy atom. The summed E-state index contributed by atoms with van der Waals surface area (Å²) in [6.45, 7) is 0. The molecule has 0 aromatic heterocycles. The van der Waals surface area contributed by atoms with E-state index in [1.165, 1.54) is 6.42 Å². The molecule has 0 spiro atoms. The number of aliphatic hydroxyl groups is 1. The van der Waals surface area contributed by atoms with Crippen LogP contribution in [0.3, 0.4) is 0 Å². The molecule has 0 aromatic carbocycles. The van der Waals surface area contributed by atoms with Crippen LogP contribution in [0.5, 0.6) is 0 Å². The zero-order valence-corrected chi connectivity index (χ0v) is 9.46. The molecule has 0 radical (unpaired) electrons. The van der Waals surface area contributed by atoms with Crippen molar-refractivity contribution in [1.29, 1.82) is 0 Å². The molecule has 1 N–H and O–H groups in total. The number of halogens is 1. The summed E-state index contributed by atoms with van der Waals surface area (Å²) in [5.74, 6) is 7.48. The first-order chi connectivity index (χ1) is 6.30. The van der Waals surface area contributed by atoms with E-state index in [1.54, 1.807) is 0 Å². The first-order valence-electron chi connectivity index (χ1n) is 5.63. The van der Waals surface area contributed by atoms with Crippen LogP contribution in [0.15, 0.2) is 0 Å². The van der Waals surface area contributed by atoms with E-state index in [0.717, 1.165) is 51.3 Å². The average molecular weight is 288 g/mol. The van der Waals surface area contributed by atoms with Gasteiger partial charge in [0, 0.05) is 3.92 Å². The van der Waals surface area contributed by atoms with Crippen LogP contribution in [0.1, 0.15) is 6.42 Å². The summed E-state index contributed by atoms with van der Waals surface area (Å²) in [5, 5.41) is 10.2. The van der Waals surface area contributed by atoms with Gasteiger partial charge < -0.3 is 5.11 Å². The highest BCUT2D eigenvalue weighted by molar-refractivity contribution is 14.1. The van der Waals surface area contributed by atoms with Crippen LogP contribution in [-0.2, 0) is 0 Å². The van der Waals surface area contributed by atoms with Gasteiger partial charge in [-0.15, -0.1) is 0 Å². The third-order valence-corrected chi connectivity index (χ3v) is 7.93. The molecule has 6 bridgehead atoms. The van der Waals surface area contributed by atoms with Crippen molar-refractivity contribution in [2.45, 2.75) is 16.4 Å². The van der Waals surface area contributed by atoms with Gasteiger partial charge >= 0.3 is 0 Å². The van der Waals surface area contributed by atoms with Gasteiger partial charge in [-0.2, -0.15) is 0 Å². The molecule has 13 heavy (non-hydrogen) atoms. The zero-order chi connectivity index (χ0) is 8.48. The maximum absolute atomic E-state index is 10.2. The van der Waals surface area contributed by atoms with Crippen molar-refractivity contribution < 1.29 is 5.11 Å². The Balaban J connectivity index is 1.86. The predicted octanol–water partition coefficient (Wildman–Crippen LogP) is 1.54. The largest absolute Gasteiger partial charge is 0.393 e. The smallest absolute Gasteiger partial charge is 0.0608 e. The van der Waals surface area contributed by atoms with Crippen molar-refractivity contribution in [1.82, 2.24) is 0 Å². The van der Waals surface area contributed by atoms with Gasteiger partial charge in [0.25, 0.3) is 0 Å². The molecule has 0 aromatic rings. The van der Waals surface area contributed by atoms with Crippen LogP contribution in [0.4, 0.5) is 0 Å². The second-order valence-electron chi connectivity index (χ2n) is 5.96. The Morgan fingerprint density at radius 3 is 2.31 bits per heavy atom. The number of rotatable bonds is 0. The maximum atomic E-state index is 10.2. The molecule has 0 saturated heterocycles. The van der Waals surface area contributed by atoms with Crippen molar-refractivity contribution in [3.05, 3.63) is 0 Å². The minimum absolute atomic E-state index is 0.125. The minimum atomic E-state index is 0.125. The van der Waals surface area contributed by atoms with Crippen LogP contribution in [0.2, 0.25) is 0 Å². The van der Waals surface area contributed by atoms with Crippen LogP contribution in [0, 0.1) is 47.3 Å². The second kappa shape index (κ2) is 1.73. The Kier molecular flexibility index (Phi) is 0.936. The Morgan fingerprint density at radius 2 is 1.54 bits per heavy atom. The van der Waals surface area contributed by atoms with Gasteiger partial charge in [0.2, 0.25) is 0 Å². The van der Waals surface area contributed by atoms with Crippen molar-refractivity contribution in [3.63, 3.8) is 0 Å². The monoisotopic (exact) mass is 288 g/mol. The molecule has 0 aliphatic heterocycles. The van der Waals surface area contributed by atoms with Crippen molar-refractivity contribution in [3.8, 4) is 0 Å². The van der Waals surface area contributed by atoms with E-state index in [9.17, 15) is 5.11 Å². The van der Waals surface area contributed by atoms with Crippen molar-refractivity contribution in [2.75, 3.05) is 0 Å². The lowest BCUT2D eigenvalue weighted by Gasteiger charge is -2.33. The normalized spacial score (nSPS) is 85.4. The van der Waals surface area contributed by atoms with E-state index in [1.807, 2.05) is 0 Å². The molecule has 10 atom stereocenters. The SMILES string of the molecule is O[C@@H]1[C@@H]2[C@@H]3[C@H](I)[C@H]4[C@H]5C[C@H]([C@@H]24)[C@@H]1[C@@H]53. The quantitative estimate of drug-likeness (QED) is 0.529. The highest BCUT2D eigenvalue weighted by atomic mass is 127. The number of aliphatic hydroxyl groups excluding tert-OH is 1. The maximum Gasteiger partial charge on any atom is 0.0608 e. The lowest BCUT2D eigenvalue weighted by Crippen LogP contribution is -2.30. The van der Waals surface area contributed by atoms with E-state index in [0.29, 0.717) is 0 Å². The molecule has 6 saturated carbocycles. The van der Waals surface area contributed by atoms with Crippen LogP contribution in [0.25, 0.3) is 0 Å². The zero-order valence-electron chi connectivity index (χ0n) is 7.31. The van der Waals surface area contributed by atoms with E-state index in [-0.39, 0.29) is 6.10 Å². The topological polar surface area (TPSA) is 20.2 Å². The van der Waals surface area contributed by atoms with Gasteiger partial charge in [-0.1, -0.05) is 22.6 Å². The molecular formula is C11H13IO. The van der Waals surface area contributed by atoms with Gasteiger partial charge in [0.15, 0.2) is 0 Å². The van der Waals surface area contributed by atoms with Gasteiger partial charge in [-0.3, -0.25) is 0 Å². The fourth-order valence-electron chi connectivity index (χ4n) is 6.52. The number of hydrogen-bond donors (Lipinski definition) is 1. The molecular weight excluding hydrogens is 275 g/mol. The first kappa shape index (κ1) is 7.04. The van der Waals surface area contributed by atoms with Crippen LogP contribution in [-0.4, -0.2) is 15.1 Å². The fourth-order valence-corrected chi connectivity index (χ4v) is 8.49. The van der Waals surface area contributed by atoms with E-state index in [2.05, 4.69) is 22.6 Å². The molecule has 6 fully saturated rings. The van der Waals surface area contributed by atoms with E-state index < -0.39 is 0 Å².